The van der Waals surface area contributed by atoms with Gasteiger partial charge in [0.1, 0.15) is 17.4 Å². The number of hydrogen-bond donors (Lipinski definition) is 3. The van der Waals surface area contributed by atoms with Crippen molar-refractivity contribution >= 4 is 23.4 Å². The molecule has 4 aliphatic rings. The minimum Gasteiger partial charge on any atom is -0.508 e. The molecule has 3 saturated carbocycles. The summed E-state index contributed by atoms with van der Waals surface area (Å²) in [5.41, 5.74) is 1.47. The summed E-state index contributed by atoms with van der Waals surface area (Å²) in [6.45, 7) is 5.75. The molecule has 0 heterocycles. The average Bonchev–Trinajstić information content (AvgIpc) is 3.25. The van der Waals surface area contributed by atoms with Crippen molar-refractivity contribution in [2.75, 3.05) is 13.7 Å². The number of ether oxygens (including phenoxy) is 1. The molecule has 1 aromatic carbocycles. The summed E-state index contributed by atoms with van der Waals surface area (Å²) in [5, 5.41) is 27.8. The van der Waals surface area contributed by atoms with Gasteiger partial charge in [-0.05, 0) is 105 Å². The predicted octanol–water partition coefficient (Wildman–Crippen LogP) is 4.25. The summed E-state index contributed by atoms with van der Waals surface area (Å²) >= 11 is 0. The molecule has 0 saturated heterocycles. The Labute approximate surface area is 247 Å². The van der Waals surface area contributed by atoms with Crippen LogP contribution in [0.15, 0.2) is 41.1 Å². The van der Waals surface area contributed by atoms with Crippen LogP contribution in [0, 0.1) is 28.6 Å². The van der Waals surface area contributed by atoms with E-state index >= 15 is 0 Å². The van der Waals surface area contributed by atoms with E-state index in [9.17, 15) is 24.6 Å². The lowest BCUT2D eigenvalue weighted by molar-refractivity contribution is -0.159. The average molecular weight is 581 g/mol. The number of ketones is 1. The second-order valence-corrected chi connectivity index (χ2v) is 13.3. The molecule has 0 aromatic heterocycles. The van der Waals surface area contributed by atoms with Crippen LogP contribution in [0.3, 0.4) is 0 Å². The number of esters is 1. The summed E-state index contributed by atoms with van der Waals surface area (Å²) in [4.78, 5) is 42.8. The van der Waals surface area contributed by atoms with Crippen molar-refractivity contribution in [3.63, 3.8) is 0 Å². The first-order valence-electron chi connectivity index (χ1n) is 15.2. The van der Waals surface area contributed by atoms with E-state index in [4.69, 9.17) is 9.57 Å². The number of carbonyl (C=O) groups excluding carboxylic acids is 3. The highest BCUT2D eigenvalue weighted by molar-refractivity contribution is 5.96. The van der Waals surface area contributed by atoms with Crippen molar-refractivity contribution in [1.82, 2.24) is 5.32 Å². The van der Waals surface area contributed by atoms with E-state index < -0.39 is 23.5 Å². The number of nitrogens with one attached hydrogen (secondary N) is 1. The second kappa shape index (κ2) is 11.5. The molecule has 0 aliphatic heterocycles. The molecule has 1 aromatic rings. The molecule has 3 fully saturated rings. The molecule has 1 amide bonds. The zero-order chi connectivity index (χ0) is 30.3. The van der Waals surface area contributed by atoms with Gasteiger partial charge in [-0.1, -0.05) is 36.7 Å². The first kappa shape index (κ1) is 30.3. The Balaban J connectivity index is 1.20. The number of benzene rings is 1. The molecule has 9 heteroatoms. The minimum absolute atomic E-state index is 0.0551. The maximum Gasteiger partial charge on any atom is 0.328 e. The maximum atomic E-state index is 12.6. The third-order valence-electron chi connectivity index (χ3n) is 11.3. The van der Waals surface area contributed by atoms with Gasteiger partial charge in [-0.25, -0.2) is 4.79 Å². The Hall–Kier alpha value is -3.20. The van der Waals surface area contributed by atoms with Gasteiger partial charge < -0.3 is 25.1 Å². The fourth-order valence-corrected chi connectivity index (χ4v) is 8.85. The molecule has 0 unspecified atom stereocenters. The van der Waals surface area contributed by atoms with E-state index in [1.807, 2.05) is 0 Å². The zero-order valence-electron chi connectivity index (χ0n) is 25.2. The van der Waals surface area contributed by atoms with Crippen LogP contribution in [0.1, 0.15) is 77.7 Å². The zero-order valence-corrected chi connectivity index (χ0v) is 25.2. The number of phenolic OH excluding ortho intramolecular Hbond substituents is 1. The number of rotatable bonds is 8. The van der Waals surface area contributed by atoms with Gasteiger partial charge in [0.05, 0.1) is 12.8 Å². The highest BCUT2D eigenvalue weighted by Gasteiger charge is 2.65. The first-order valence-corrected chi connectivity index (χ1v) is 15.2. The smallest absolute Gasteiger partial charge is 0.328 e. The topological polar surface area (TPSA) is 135 Å². The molecule has 4 aliphatic carbocycles. The summed E-state index contributed by atoms with van der Waals surface area (Å²) in [5.74, 6) is 0.371. The summed E-state index contributed by atoms with van der Waals surface area (Å²) in [6.07, 6.45) is 9.44. The largest absolute Gasteiger partial charge is 0.508 e. The molecular weight excluding hydrogens is 536 g/mol. The van der Waals surface area contributed by atoms with Gasteiger partial charge in [-0.2, -0.15) is 0 Å². The van der Waals surface area contributed by atoms with Crippen molar-refractivity contribution in [3.8, 4) is 5.75 Å². The van der Waals surface area contributed by atoms with Crippen LogP contribution in [-0.2, 0) is 30.4 Å². The van der Waals surface area contributed by atoms with Crippen LogP contribution >= 0.6 is 0 Å². The van der Waals surface area contributed by atoms with Crippen LogP contribution in [0.25, 0.3) is 0 Å². The third-order valence-corrected chi connectivity index (χ3v) is 11.3. The number of aliphatic hydroxyl groups is 1. The molecule has 9 nitrogen and oxygen atoms in total. The van der Waals surface area contributed by atoms with Crippen molar-refractivity contribution < 1.29 is 34.2 Å². The molecule has 42 heavy (non-hydrogen) atoms. The van der Waals surface area contributed by atoms with Crippen LogP contribution in [0.5, 0.6) is 5.75 Å². The molecule has 0 spiro atoms. The van der Waals surface area contributed by atoms with Crippen molar-refractivity contribution in [1.29, 1.82) is 0 Å². The van der Waals surface area contributed by atoms with Gasteiger partial charge in [0.25, 0.3) is 5.91 Å². The van der Waals surface area contributed by atoms with Gasteiger partial charge >= 0.3 is 5.97 Å². The Morgan fingerprint density at radius 2 is 1.76 bits per heavy atom. The van der Waals surface area contributed by atoms with Crippen LogP contribution in [0.4, 0.5) is 0 Å². The van der Waals surface area contributed by atoms with Crippen molar-refractivity contribution in [2.24, 2.45) is 33.7 Å². The quantitative estimate of drug-likeness (QED) is 0.309. The normalized spacial score (nSPS) is 35.2. The van der Waals surface area contributed by atoms with E-state index in [-0.39, 0.29) is 35.4 Å². The molecule has 3 N–H and O–H groups in total. The van der Waals surface area contributed by atoms with Gasteiger partial charge in [-0.3, -0.25) is 9.59 Å². The Morgan fingerprint density at radius 3 is 2.45 bits per heavy atom. The van der Waals surface area contributed by atoms with Crippen LogP contribution < -0.4 is 5.32 Å². The molecular formula is C33H44N2O7. The summed E-state index contributed by atoms with van der Waals surface area (Å²) in [6, 6.07) is 5.52. The number of amides is 1. The summed E-state index contributed by atoms with van der Waals surface area (Å²) < 4.78 is 4.85. The fraction of sp³-hybridized carbons (Fsp3) is 0.636. The van der Waals surface area contributed by atoms with E-state index in [0.29, 0.717) is 24.2 Å². The first-order chi connectivity index (χ1) is 19.9. The van der Waals surface area contributed by atoms with Crippen molar-refractivity contribution in [3.05, 3.63) is 41.5 Å². The van der Waals surface area contributed by atoms with Crippen molar-refractivity contribution in [2.45, 2.75) is 90.2 Å². The Morgan fingerprint density at radius 1 is 1.05 bits per heavy atom. The van der Waals surface area contributed by atoms with E-state index in [0.717, 1.165) is 56.2 Å². The predicted molar refractivity (Wildman–Crippen MR) is 156 cm³/mol. The summed E-state index contributed by atoms with van der Waals surface area (Å²) in [7, 11) is 1.27. The highest BCUT2D eigenvalue weighted by Crippen LogP contribution is 2.67. The number of fused-ring (bicyclic) bond motifs is 5. The van der Waals surface area contributed by atoms with E-state index in [1.165, 1.54) is 24.8 Å². The third kappa shape index (κ3) is 5.25. The SMILES string of the molecule is COC(=O)[C@H](Cc1ccc(O)cc1)NC(=O)CO/N=C1/C=C2CC[C@@H]3[C@H]4CC[C@](O)(C(C)=O)[C@@]4(C)CC[C@@H]3[C@@]2(C)CC1. The number of carbonyl (C=O) groups is 3. The number of methoxy groups -OCH3 is 1. The molecule has 7 atom stereocenters. The maximum absolute atomic E-state index is 12.6. The Bertz CT molecular complexity index is 1290. The van der Waals surface area contributed by atoms with E-state index in [1.54, 1.807) is 19.1 Å². The number of hydrogen-bond acceptors (Lipinski definition) is 8. The monoisotopic (exact) mass is 580 g/mol. The molecule has 0 radical (unpaired) electrons. The number of nitrogens with zero attached hydrogens (tertiary/aromatic N) is 1. The highest BCUT2D eigenvalue weighted by atomic mass is 16.6. The lowest BCUT2D eigenvalue weighted by atomic mass is 9.46. The Kier molecular flexibility index (Phi) is 8.27. The standard InChI is InChI=1S/C33H44N2O7/c1-20(36)33(40)16-13-27-25-10-7-22-18-23(11-14-31(22,2)26(25)12-15-32(27,33)3)35-42-19-29(38)34-28(30(39)41-4)17-21-5-8-24(37)9-6-21/h5-6,8-9,18,25-28,37,40H,7,10-17,19H2,1-4H3,(H,34,38)/b35-23+/t25-,26-,27+,28-,31-,32-,33-/m0/s1. The van der Waals surface area contributed by atoms with E-state index in [2.05, 4.69) is 30.4 Å². The lowest BCUT2D eigenvalue weighted by Crippen LogP contribution is -2.57. The fourth-order valence-electron chi connectivity index (χ4n) is 8.85. The van der Waals surface area contributed by atoms with Gasteiger partial charge in [0.15, 0.2) is 12.4 Å². The number of Topliss-reactive ketones (excluding diaryl/α,β-unsaturated/α-hetero) is 1. The van der Waals surface area contributed by atoms with Crippen LogP contribution in [0.2, 0.25) is 0 Å². The molecule has 0 bridgehead atoms. The number of phenols is 1. The van der Waals surface area contributed by atoms with Crippen LogP contribution in [-0.4, -0.2) is 58.9 Å². The van der Waals surface area contributed by atoms with Gasteiger partial charge in [0, 0.05) is 11.8 Å². The second-order valence-electron chi connectivity index (χ2n) is 13.3. The van der Waals surface area contributed by atoms with Gasteiger partial charge in [-0.15, -0.1) is 0 Å². The van der Waals surface area contributed by atoms with Gasteiger partial charge in [0.2, 0.25) is 0 Å². The molecule has 228 valence electrons. The number of oxime groups is 1. The number of aromatic hydroxyl groups is 1. The minimum atomic E-state index is -1.20. The lowest BCUT2D eigenvalue weighted by Gasteiger charge is -2.59. The molecule has 5 rings (SSSR count). The number of allylic oxidation sites excluding steroid dienone is 2.